The van der Waals surface area contributed by atoms with Gasteiger partial charge in [0.05, 0.1) is 5.92 Å². The van der Waals surface area contributed by atoms with Gasteiger partial charge in [-0.2, -0.15) is 0 Å². The van der Waals surface area contributed by atoms with Crippen LogP contribution in [0.5, 0.6) is 0 Å². The number of carbonyl (C=O) groups is 3. The van der Waals surface area contributed by atoms with Crippen LogP contribution in [0.25, 0.3) is 0 Å². The summed E-state index contributed by atoms with van der Waals surface area (Å²) in [5.41, 5.74) is 1.08. The molecule has 106 valence electrons. The second kappa shape index (κ2) is 5.86. The van der Waals surface area contributed by atoms with Crippen LogP contribution in [0.3, 0.4) is 0 Å². The number of benzene rings is 1. The molecule has 1 amide bonds. The third-order valence-corrected chi connectivity index (χ3v) is 3.28. The number of esters is 1. The molecule has 0 heterocycles. The third-order valence-electron chi connectivity index (χ3n) is 3.28. The van der Waals surface area contributed by atoms with Crippen LogP contribution in [0.15, 0.2) is 24.3 Å². The summed E-state index contributed by atoms with van der Waals surface area (Å²) in [6.07, 6.45) is 0.846. The monoisotopic (exact) mass is 275 g/mol. The lowest BCUT2D eigenvalue weighted by molar-refractivity contribution is -0.144. The molecule has 0 bridgehead atoms. The molecule has 20 heavy (non-hydrogen) atoms. The first kappa shape index (κ1) is 14.2. The van der Waals surface area contributed by atoms with Crippen LogP contribution in [-0.2, 0) is 14.3 Å². The fourth-order valence-corrected chi connectivity index (χ4v) is 1.92. The highest BCUT2D eigenvalue weighted by molar-refractivity contribution is 5.98. The van der Waals surface area contributed by atoms with Crippen molar-refractivity contribution >= 4 is 23.3 Å². The molecule has 5 nitrogen and oxygen atoms in total. The lowest BCUT2D eigenvalue weighted by Gasteiger charge is -2.05. The van der Waals surface area contributed by atoms with Gasteiger partial charge < -0.3 is 10.1 Å². The van der Waals surface area contributed by atoms with E-state index in [0.717, 1.165) is 6.42 Å². The molecule has 1 aromatic rings. The fraction of sp³-hybridized carbons (Fsp3) is 0.400. The number of hydrogen-bond donors (Lipinski definition) is 1. The summed E-state index contributed by atoms with van der Waals surface area (Å²) in [7, 11) is 0. The van der Waals surface area contributed by atoms with Crippen LogP contribution in [-0.4, -0.2) is 24.3 Å². The average molecular weight is 275 g/mol. The Balaban J connectivity index is 1.85. The maximum Gasteiger partial charge on any atom is 0.309 e. The Labute approximate surface area is 117 Å². The average Bonchev–Trinajstić information content (AvgIpc) is 3.13. The number of Topliss-reactive ketones (excluding diaryl/α,β-unsaturated/α-hetero) is 1. The summed E-state index contributed by atoms with van der Waals surface area (Å²) in [4.78, 5) is 34.2. The fourth-order valence-electron chi connectivity index (χ4n) is 1.92. The van der Waals surface area contributed by atoms with Crippen LogP contribution < -0.4 is 5.32 Å². The number of anilines is 1. The second-order valence-corrected chi connectivity index (χ2v) is 5.11. The molecule has 0 aliphatic heterocycles. The number of ketones is 1. The molecule has 5 heteroatoms. The van der Waals surface area contributed by atoms with E-state index in [0.29, 0.717) is 17.2 Å². The highest BCUT2D eigenvalue weighted by atomic mass is 16.5. The van der Waals surface area contributed by atoms with Gasteiger partial charge in [-0.3, -0.25) is 14.4 Å². The summed E-state index contributed by atoms with van der Waals surface area (Å²) in [6, 6.07) is 6.47. The summed E-state index contributed by atoms with van der Waals surface area (Å²) in [6.45, 7) is 3.16. The van der Waals surface area contributed by atoms with Gasteiger partial charge in [0.1, 0.15) is 0 Å². The molecule has 1 N–H and O–H groups in total. The van der Waals surface area contributed by atoms with Crippen molar-refractivity contribution in [1.29, 1.82) is 0 Å². The summed E-state index contributed by atoms with van der Waals surface area (Å²) in [5, 5.41) is 2.61. The summed E-state index contributed by atoms with van der Waals surface area (Å²) < 4.78 is 4.99. The largest absolute Gasteiger partial charge is 0.457 e. The maximum atomic E-state index is 11.8. The Morgan fingerprint density at radius 1 is 1.25 bits per heavy atom. The standard InChI is InChI=1S/C15H17NO4/c1-9-7-13(9)15(19)20-8-14(18)11-3-5-12(6-4-11)16-10(2)17/h3-6,9,13H,7-8H2,1-2H3,(H,16,17)/t9-,13+/m0/s1. The molecule has 1 aliphatic carbocycles. The molecule has 1 saturated carbocycles. The Morgan fingerprint density at radius 2 is 1.85 bits per heavy atom. The van der Waals surface area contributed by atoms with Crippen LogP contribution in [0, 0.1) is 11.8 Å². The van der Waals surface area contributed by atoms with Crippen LogP contribution in [0.1, 0.15) is 30.6 Å². The minimum Gasteiger partial charge on any atom is -0.457 e. The van der Waals surface area contributed by atoms with Crippen molar-refractivity contribution < 1.29 is 19.1 Å². The van der Waals surface area contributed by atoms with Gasteiger partial charge in [-0.1, -0.05) is 6.92 Å². The topological polar surface area (TPSA) is 72.5 Å². The van der Waals surface area contributed by atoms with Crippen molar-refractivity contribution in [3.8, 4) is 0 Å². The quantitative estimate of drug-likeness (QED) is 0.659. The first-order valence-corrected chi connectivity index (χ1v) is 6.55. The molecule has 0 aromatic heterocycles. The van der Waals surface area contributed by atoms with Crippen molar-refractivity contribution in [3.05, 3.63) is 29.8 Å². The second-order valence-electron chi connectivity index (χ2n) is 5.11. The highest BCUT2D eigenvalue weighted by Gasteiger charge is 2.40. The minimum absolute atomic E-state index is 0.0371. The number of ether oxygens (including phenoxy) is 1. The van der Waals surface area contributed by atoms with E-state index < -0.39 is 0 Å². The number of hydrogen-bond acceptors (Lipinski definition) is 4. The Bertz CT molecular complexity index is 535. The van der Waals surface area contributed by atoms with E-state index in [2.05, 4.69) is 5.32 Å². The van der Waals surface area contributed by atoms with Gasteiger partial charge in [-0.15, -0.1) is 0 Å². The van der Waals surface area contributed by atoms with Gasteiger partial charge in [0, 0.05) is 18.2 Å². The molecular weight excluding hydrogens is 258 g/mol. The van der Waals surface area contributed by atoms with Crippen molar-refractivity contribution in [2.75, 3.05) is 11.9 Å². The zero-order chi connectivity index (χ0) is 14.7. The molecule has 0 saturated heterocycles. The molecule has 1 aromatic carbocycles. The first-order valence-electron chi connectivity index (χ1n) is 6.55. The molecule has 0 spiro atoms. The van der Waals surface area contributed by atoms with E-state index in [4.69, 9.17) is 4.74 Å². The lowest BCUT2D eigenvalue weighted by atomic mass is 10.1. The summed E-state index contributed by atoms with van der Waals surface area (Å²) >= 11 is 0. The molecule has 2 atom stereocenters. The van der Waals surface area contributed by atoms with Gasteiger partial charge in [0.25, 0.3) is 0 Å². The van der Waals surface area contributed by atoms with Crippen molar-refractivity contribution in [2.45, 2.75) is 20.3 Å². The lowest BCUT2D eigenvalue weighted by Crippen LogP contribution is -2.15. The molecule has 0 unspecified atom stereocenters. The van der Waals surface area contributed by atoms with Crippen molar-refractivity contribution in [3.63, 3.8) is 0 Å². The van der Waals surface area contributed by atoms with E-state index in [1.807, 2.05) is 6.92 Å². The van der Waals surface area contributed by atoms with E-state index in [-0.39, 0.29) is 30.2 Å². The molecule has 1 fully saturated rings. The van der Waals surface area contributed by atoms with Gasteiger partial charge in [0.15, 0.2) is 12.4 Å². The molecule has 0 radical (unpaired) electrons. The predicted octanol–water partition coefficient (Wildman–Crippen LogP) is 2.03. The Morgan fingerprint density at radius 3 is 2.35 bits per heavy atom. The molecule has 1 aliphatic rings. The number of rotatable bonds is 5. The molecular formula is C15H17NO4. The molecule has 2 rings (SSSR count). The van der Waals surface area contributed by atoms with Gasteiger partial charge in [0.2, 0.25) is 5.91 Å². The van der Waals surface area contributed by atoms with Crippen LogP contribution in [0.2, 0.25) is 0 Å². The van der Waals surface area contributed by atoms with Crippen molar-refractivity contribution in [2.24, 2.45) is 11.8 Å². The normalized spacial score (nSPS) is 20.1. The van der Waals surface area contributed by atoms with E-state index in [9.17, 15) is 14.4 Å². The van der Waals surface area contributed by atoms with Gasteiger partial charge in [-0.25, -0.2) is 0 Å². The third kappa shape index (κ3) is 3.66. The first-order chi connectivity index (χ1) is 9.47. The van der Waals surface area contributed by atoms with E-state index >= 15 is 0 Å². The Kier molecular flexibility index (Phi) is 4.17. The SMILES string of the molecule is CC(=O)Nc1ccc(C(=O)COC(=O)[C@@H]2C[C@@H]2C)cc1. The van der Waals surface area contributed by atoms with E-state index in [1.165, 1.54) is 6.92 Å². The van der Waals surface area contributed by atoms with Crippen LogP contribution >= 0.6 is 0 Å². The van der Waals surface area contributed by atoms with E-state index in [1.54, 1.807) is 24.3 Å². The zero-order valence-electron chi connectivity index (χ0n) is 11.5. The van der Waals surface area contributed by atoms with Gasteiger partial charge >= 0.3 is 5.97 Å². The van der Waals surface area contributed by atoms with Gasteiger partial charge in [-0.05, 0) is 36.6 Å². The highest BCUT2D eigenvalue weighted by Crippen LogP contribution is 2.38. The zero-order valence-corrected chi connectivity index (χ0v) is 11.5. The maximum absolute atomic E-state index is 11.8. The minimum atomic E-state index is -0.291. The number of carbonyl (C=O) groups excluding carboxylic acids is 3. The summed E-state index contributed by atoms with van der Waals surface area (Å²) in [5.74, 6) is -0.377. The smallest absolute Gasteiger partial charge is 0.309 e. The van der Waals surface area contributed by atoms with Crippen LogP contribution in [0.4, 0.5) is 5.69 Å². The number of amides is 1. The predicted molar refractivity (Wildman–Crippen MR) is 73.3 cm³/mol. The van der Waals surface area contributed by atoms with Crippen molar-refractivity contribution in [1.82, 2.24) is 0 Å². The number of nitrogens with one attached hydrogen (secondary N) is 1. The Hall–Kier alpha value is -2.17.